The molecule has 2 heterocycles. The summed E-state index contributed by atoms with van der Waals surface area (Å²) in [6, 6.07) is 1.66. The van der Waals surface area contributed by atoms with Gasteiger partial charge in [0.25, 0.3) is 0 Å². The predicted molar refractivity (Wildman–Crippen MR) is 80.0 cm³/mol. The van der Waals surface area contributed by atoms with Crippen LogP contribution in [0.3, 0.4) is 0 Å². The van der Waals surface area contributed by atoms with Gasteiger partial charge in [0.2, 0.25) is 0 Å². The number of amides is 1. The Kier molecular flexibility index (Phi) is 6.47. The summed E-state index contributed by atoms with van der Waals surface area (Å²) in [6.45, 7) is 5.31. The molecule has 0 aromatic heterocycles. The molecule has 1 unspecified atom stereocenters. The summed E-state index contributed by atoms with van der Waals surface area (Å²) in [5.74, 6) is 0.385. The van der Waals surface area contributed by atoms with Crippen LogP contribution in [0.15, 0.2) is 0 Å². The number of ether oxygens (including phenoxy) is 3. The Labute approximate surface area is 132 Å². The van der Waals surface area contributed by atoms with E-state index < -0.39 is 12.1 Å². The van der Waals surface area contributed by atoms with Gasteiger partial charge in [-0.05, 0) is 44.9 Å². The van der Waals surface area contributed by atoms with E-state index in [-0.39, 0.29) is 12.3 Å². The van der Waals surface area contributed by atoms with Crippen molar-refractivity contribution < 1.29 is 19.0 Å². The standard InChI is InChI=1S/C16H26N2O4/c1-3-20-16(19)18-13(10-17)8-12(2)9-14(18)11-22-15-6-4-5-7-21-15/h12-15H,3-9,11H2,1-2H3/t12-,13+,14+,15?/m1/s1. The normalized spacial score (nSPS) is 32.3. The number of nitrogens with zero attached hydrogens (tertiary/aromatic N) is 2. The van der Waals surface area contributed by atoms with Crippen LogP contribution >= 0.6 is 0 Å². The topological polar surface area (TPSA) is 71.8 Å². The maximum atomic E-state index is 12.2. The van der Waals surface area contributed by atoms with Crippen molar-refractivity contribution in [1.29, 1.82) is 5.26 Å². The molecule has 0 saturated carbocycles. The van der Waals surface area contributed by atoms with Gasteiger partial charge in [0, 0.05) is 6.61 Å². The van der Waals surface area contributed by atoms with E-state index in [4.69, 9.17) is 14.2 Å². The zero-order valence-electron chi connectivity index (χ0n) is 13.5. The first-order chi connectivity index (χ1) is 10.7. The van der Waals surface area contributed by atoms with Gasteiger partial charge in [0.05, 0.1) is 25.3 Å². The molecule has 0 N–H and O–H groups in total. The average molecular weight is 310 g/mol. The first-order valence-corrected chi connectivity index (χ1v) is 8.23. The van der Waals surface area contributed by atoms with Crippen molar-refractivity contribution in [2.45, 2.75) is 64.3 Å². The third-order valence-corrected chi connectivity index (χ3v) is 4.27. The highest BCUT2D eigenvalue weighted by atomic mass is 16.7. The van der Waals surface area contributed by atoms with Crippen molar-refractivity contribution in [1.82, 2.24) is 4.90 Å². The Morgan fingerprint density at radius 3 is 2.86 bits per heavy atom. The van der Waals surface area contributed by atoms with Crippen LogP contribution in [0.5, 0.6) is 0 Å². The van der Waals surface area contributed by atoms with Crippen molar-refractivity contribution in [2.75, 3.05) is 19.8 Å². The quantitative estimate of drug-likeness (QED) is 0.798. The van der Waals surface area contributed by atoms with Crippen LogP contribution in [0.2, 0.25) is 0 Å². The fourth-order valence-electron chi connectivity index (χ4n) is 3.22. The summed E-state index contributed by atoms with van der Waals surface area (Å²) in [5.41, 5.74) is 0. The van der Waals surface area contributed by atoms with E-state index in [1.165, 1.54) is 0 Å². The largest absolute Gasteiger partial charge is 0.450 e. The van der Waals surface area contributed by atoms with Gasteiger partial charge >= 0.3 is 6.09 Å². The first-order valence-electron chi connectivity index (χ1n) is 8.23. The van der Waals surface area contributed by atoms with Gasteiger partial charge in [0.15, 0.2) is 6.29 Å². The lowest BCUT2D eigenvalue weighted by molar-refractivity contribution is -0.173. The molecule has 124 valence electrons. The van der Waals surface area contributed by atoms with E-state index in [2.05, 4.69) is 13.0 Å². The molecular formula is C16H26N2O4. The molecule has 0 bridgehead atoms. The smallest absolute Gasteiger partial charge is 0.411 e. The van der Waals surface area contributed by atoms with Crippen molar-refractivity contribution in [3.8, 4) is 6.07 Å². The van der Waals surface area contributed by atoms with Crippen LogP contribution in [0.1, 0.15) is 46.0 Å². The van der Waals surface area contributed by atoms with E-state index in [0.29, 0.717) is 25.6 Å². The Bertz CT molecular complexity index is 403. The molecule has 2 fully saturated rings. The fraction of sp³-hybridized carbons (Fsp3) is 0.875. The Morgan fingerprint density at radius 2 is 2.23 bits per heavy atom. The molecule has 2 aliphatic heterocycles. The van der Waals surface area contributed by atoms with E-state index in [9.17, 15) is 10.1 Å². The molecule has 4 atom stereocenters. The van der Waals surface area contributed by atoms with Crippen LogP contribution in [0.25, 0.3) is 0 Å². The van der Waals surface area contributed by atoms with Gasteiger partial charge in [-0.2, -0.15) is 5.26 Å². The third-order valence-electron chi connectivity index (χ3n) is 4.27. The molecule has 0 radical (unpaired) electrons. The predicted octanol–water partition coefficient (Wildman–Crippen LogP) is 2.68. The average Bonchev–Trinajstić information content (AvgIpc) is 2.53. The number of likely N-dealkylation sites (tertiary alicyclic amines) is 1. The molecule has 0 aromatic carbocycles. The molecule has 0 aromatic rings. The summed E-state index contributed by atoms with van der Waals surface area (Å²) in [4.78, 5) is 13.8. The minimum Gasteiger partial charge on any atom is -0.450 e. The van der Waals surface area contributed by atoms with E-state index >= 15 is 0 Å². The number of hydrogen-bond donors (Lipinski definition) is 0. The van der Waals surface area contributed by atoms with Crippen molar-refractivity contribution in [2.24, 2.45) is 5.92 Å². The highest BCUT2D eigenvalue weighted by Gasteiger charge is 2.38. The summed E-state index contributed by atoms with van der Waals surface area (Å²) >= 11 is 0. The van der Waals surface area contributed by atoms with Crippen LogP contribution in [0, 0.1) is 17.2 Å². The van der Waals surface area contributed by atoms with Crippen molar-refractivity contribution in [3.05, 3.63) is 0 Å². The first kappa shape index (κ1) is 17.0. The van der Waals surface area contributed by atoms with Crippen molar-refractivity contribution >= 4 is 6.09 Å². The lowest BCUT2D eigenvalue weighted by Gasteiger charge is -2.41. The zero-order chi connectivity index (χ0) is 15.9. The number of nitriles is 1. The number of rotatable bonds is 4. The van der Waals surface area contributed by atoms with Gasteiger partial charge < -0.3 is 14.2 Å². The van der Waals surface area contributed by atoms with Gasteiger partial charge in [-0.3, -0.25) is 4.90 Å². The van der Waals surface area contributed by atoms with Gasteiger partial charge in [0.1, 0.15) is 6.04 Å². The number of hydrogen-bond acceptors (Lipinski definition) is 5. The molecule has 2 saturated heterocycles. The van der Waals surface area contributed by atoms with Gasteiger partial charge in [-0.1, -0.05) is 6.92 Å². The summed E-state index contributed by atoms with van der Waals surface area (Å²) in [6.07, 6.45) is 3.98. The van der Waals surface area contributed by atoms with E-state index in [0.717, 1.165) is 32.3 Å². The molecule has 2 aliphatic rings. The summed E-state index contributed by atoms with van der Waals surface area (Å²) < 4.78 is 16.5. The molecule has 22 heavy (non-hydrogen) atoms. The van der Waals surface area contributed by atoms with Crippen LogP contribution in [-0.4, -0.2) is 49.2 Å². The Morgan fingerprint density at radius 1 is 1.41 bits per heavy atom. The maximum Gasteiger partial charge on any atom is 0.411 e. The molecule has 0 spiro atoms. The Hall–Kier alpha value is -1.32. The van der Waals surface area contributed by atoms with Crippen LogP contribution in [-0.2, 0) is 14.2 Å². The van der Waals surface area contributed by atoms with Gasteiger partial charge in [-0.15, -0.1) is 0 Å². The molecule has 6 nitrogen and oxygen atoms in total. The lowest BCUT2D eigenvalue weighted by Crippen LogP contribution is -2.53. The molecular weight excluding hydrogens is 284 g/mol. The fourth-order valence-corrected chi connectivity index (χ4v) is 3.22. The number of carbonyl (C=O) groups excluding carboxylic acids is 1. The second kappa shape index (κ2) is 8.35. The highest BCUT2D eigenvalue weighted by molar-refractivity contribution is 5.69. The van der Waals surface area contributed by atoms with Crippen molar-refractivity contribution in [3.63, 3.8) is 0 Å². The third kappa shape index (κ3) is 4.34. The Balaban J connectivity index is 1.99. The number of carbonyl (C=O) groups is 1. The second-order valence-corrected chi connectivity index (χ2v) is 6.11. The van der Waals surface area contributed by atoms with E-state index in [1.807, 2.05) is 0 Å². The maximum absolute atomic E-state index is 12.2. The molecule has 2 rings (SSSR count). The van der Waals surface area contributed by atoms with Gasteiger partial charge in [-0.25, -0.2) is 4.79 Å². The highest BCUT2D eigenvalue weighted by Crippen LogP contribution is 2.29. The molecule has 0 aliphatic carbocycles. The zero-order valence-corrected chi connectivity index (χ0v) is 13.5. The monoisotopic (exact) mass is 310 g/mol. The SMILES string of the molecule is CCOC(=O)N1[C@H](COC2CCCCO2)C[C@H](C)C[C@H]1C#N. The van der Waals surface area contributed by atoms with E-state index in [1.54, 1.807) is 11.8 Å². The lowest BCUT2D eigenvalue weighted by atomic mass is 9.88. The summed E-state index contributed by atoms with van der Waals surface area (Å²) in [5, 5.41) is 9.37. The minimum absolute atomic E-state index is 0.127. The van der Waals surface area contributed by atoms with Crippen LogP contribution in [0.4, 0.5) is 4.79 Å². The minimum atomic E-state index is -0.441. The number of piperidine rings is 1. The molecule has 1 amide bonds. The second-order valence-electron chi connectivity index (χ2n) is 6.11. The molecule has 6 heteroatoms. The van der Waals surface area contributed by atoms with Crippen LogP contribution < -0.4 is 0 Å². The summed E-state index contributed by atoms with van der Waals surface area (Å²) in [7, 11) is 0.